The summed E-state index contributed by atoms with van der Waals surface area (Å²) in [6.07, 6.45) is 0.759. The van der Waals surface area contributed by atoms with Crippen molar-refractivity contribution in [1.82, 2.24) is 9.78 Å². The van der Waals surface area contributed by atoms with Crippen molar-refractivity contribution in [2.75, 3.05) is 5.73 Å². The highest BCUT2D eigenvalue weighted by molar-refractivity contribution is 9.10. The molecule has 0 aliphatic heterocycles. The van der Waals surface area contributed by atoms with E-state index in [0.29, 0.717) is 0 Å². The van der Waals surface area contributed by atoms with Gasteiger partial charge in [0.05, 0.1) is 21.4 Å². The van der Waals surface area contributed by atoms with E-state index < -0.39 is 11.8 Å². The number of halogens is 2. The highest BCUT2D eigenvalue weighted by Crippen LogP contribution is 2.23. The van der Waals surface area contributed by atoms with E-state index in [0.717, 1.165) is 28.3 Å². The molecule has 0 saturated heterocycles. The Morgan fingerprint density at radius 1 is 1.52 bits per heavy atom. The second kappa shape index (κ2) is 6.26. The summed E-state index contributed by atoms with van der Waals surface area (Å²) in [4.78, 5) is 11.9. The summed E-state index contributed by atoms with van der Waals surface area (Å²) in [5, 5.41) is 4.30. The van der Waals surface area contributed by atoms with Gasteiger partial charge in [0, 0.05) is 12.7 Å². The van der Waals surface area contributed by atoms with Crippen molar-refractivity contribution in [3.63, 3.8) is 0 Å². The lowest BCUT2D eigenvalue weighted by Crippen LogP contribution is -2.10. The van der Waals surface area contributed by atoms with Crippen LogP contribution in [0.4, 0.5) is 10.1 Å². The molecule has 0 bridgehead atoms. The number of nitrogen functional groups attached to an aromatic ring is 1. The number of hydrogen-bond donors (Lipinski definition) is 1. The first-order valence-electron chi connectivity index (χ1n) is 6.36. The summed E-state index contributed by atoms with van der Waals surface area (Å²) in [7, 11) is 1.76. The molecule has 0 fully saturated rings. The number of anilines is 1. The molecule has 0 aliphatic carbocycles. The lowest BCUT2D eigenvalue weighted by Gasteiger charge is -2.07. The topological polar surface area (TPSA) is 70.1 Å². The predicted octanol–water partition coefficient (Wildman–Crippen LogP) is 2.82. The van der Waals surface area contributed by atoms with Gasteiger partial charge in [0.2, 0.25) is 0 Å². The van der Waals surface area contributed by atoms with Gasteiger partial charge in [-0.15, -0.1) is 0 Å². The summed E-state index contributed by atoms with van der Waals surface area (Å²) in [5.41, 5.74) is 7.15. The summed E-state index contributed by atoms with van der Waals surface area (Å²) in [6.45, 7) is 1.99. The molecule has 0 saturated carbocycles. The van der Waals surface area contributed by atoms with Crippen LogP contribution in [0.5, 0.6) is 0 Å². The quantitative estimate of drug-likeness (QED) is 0.676. The average Bonchev–Trinajstić information content (AvgIpc) is 2.71. The van der Waals surface area contributed by atoms with Crippen LogP contribution < -0.4 is 5.73 Å². The first kappa shape index (κ1) is 15.5. The molecule has 7 heteroatoms. The number of carbonyl (C=O) groups excluding carboxylic acids is 1. The standard InChI is InChI=1S/C14H15BrFN3O2/c1-3-11-13(15)12(19(2)18-11)7-21-14(20)9-5-4-8(17)6-10(9)16/h4-6H,3,7,17H2,1-2H3. The smallest absolute Gasteiger partial charge is 0.341 e. The monoisotopic (exact) mass is 355 g/mol. The first-order valence-corrected chi connectivity index (χ1v) is 7.15. The van der Waals surface area contributed by atoms with Crippen LogP contribution >= 0.6 is 15.9 Å². The van der Waals surface area contributed by atoms with Gasteiger partial charge in [-0.05, 0) is 40.5 Å². The average molecular weight is 356 g/mol. The maximum Gasteiger partial charge on any atom is 0.341 e. The number of benzene rings is 1. The van der Waals surface area contributed by atoms with Crippen LogP contribution in [0.15, 0.2) is 22.7 Å². The van der Waals surface area contributed by atoms with Gasteiger partial charge in [-0.2, -0.15) is 5.10 Å². The van der Waals surface area contributed by atoms with Gasteiger partial charge >= 0.3 is 5.97 Å². The summed E-state index contributed by atoms with van der Waals surface area (Å²) < 4.78 is 21.2. The molecule has 1 aromatic heterocycles. The van der Waals surface area contributed by atoms with Crippen LogP contribution in [0.25, 0.3) is 0 Å². The van der Waals surface area contributed by atoms with Crippen LogP contribution in [0.1, 0.15) is 28.7 Å². The Morgan fingerprint density at radius 2 is 2.24 bits per heavy atom. The zero-order valence-electron chi connectivity index (χ0n) is 11.7. The van der Waals surface area contributed by atoms with Crippen molar-refractivity contribution in [2.24, 2.45) is 7.05 Å². The molecule has 0 unspecified atom stereocenters. The molecule has 0 spiro atoms. The third kappa shape index (κ3) is 3.24. The zero-order valence-corrected chi connectivity index (χ0v) is 13.3. The van der Waals surface area contributed by atoms with E-state index in [1.165, 1.54) is 12.1 Å². The molecule has 112 valence electrons. The molecule has 5 nitrogen and oxygen atoms in total. The minimum absolute atomic E-state index is 0.00668. The number of hydrogen-bond acceptors (Lipinski definition) is 4. The fraction of sp³-hybridized carbons (Fsp3) is 0.286. The minimum atomic E-state index is -0.737. The van der Waals surface area contributed by atoms with Crippen LogP contribution in [0, 0.1) is 5.82 Å². The van der Waals surface area contributed by atoms with Crippen molar-refractivity contribution in [1.29, 1.82) is 0 Å². The molecule has 1 heterocycles. The first-order chi connectivity index (χ1) is 9.93. The third-order valence-electron chi connectivity index (χ3n) is 3.06. The Bertz CT molecular complexity index is 685. The number of rotatable bonds is 4. The maximum absolute atomic E-state index is 13.6. The lowest BCUT2D eigenvalue weighted by atomic mass is 10.2. The number of nitrogens with zero attached hydrogens (tertiary/aromatic N) is 2. The number of carbonyl (C=O) groups is 1. The molecule has 0 atom stereocenters. The molecule has 0 amide bonds. The van der Waals surface area contributed by atoms with E-state index in [2.05, 4.69) is 21.0 Å². The third-order valence-corrected chi connectivity index (χ3v) is 3.97. The fourth-order valence-electron chi connectivity index (χ4n) is 1.89. The Morgan fingerprint density at radius 3 is 2.81 bits per heavy atom. The number of esters is 1. The second-order valence-electron chi connectivity index (χ2n) is 4.50. The van der Waals surface area contributed by atoms with Crippen molar-refractivity contribution < 1.29 is 13.9 Å². The molecule has 0 aliphatic rings. The van der Waals surface area contributed by atoms with Gasteiger partial charge < -0.3 is 10.5 Å². The SMILES string of the molecule is CCc1nn(C)c(COC(=O)c2ccc(N)cc2F)c1Br. The Hall–Kier alpha value is -1.89. The van der Waals surface area contributed by atoms with E-state index >= 15 is 0 Å². The molecule has 2 N–H and O–H groups in total. The summed E-state index contributed by atoms with van der Waals surface area (Å²) in [5.74, 6) is -1.43. The van der Waals surface area contributed by atoms with Gasteiger partial charge in [-0.1, -0.05) is 6.92 Å². The highest BCUT2D eigenvalue weighted by atomic mass is 79.9. The molecule has 2 aromatic rings. The number of nitrogens with two attached hydrogens (primary N) is 1. The minimum Gasteiger partial charge on any atom is -0.455 e. The lowest BCUT2D eigenvalue weighted by molar-refractivity contribution is 0.0457. The molecule has 1 aromatic carbocycles. The van der Waals surface area contributed by atoms with E-state index in [9.17, 15) is 9.18 Å². The van der Waals surface area contributed by atoms with E-state index in [1.807, 2.05) is 6.92 Å². The van der Waals surface area contributed by atoms with Gasteiger partial charge in [-0.3, -0.25) is 4.68 Å². The summed E-state index contributed by atoms with van der Waals surface area (Å²) in [6, 6.07) is 3.85. The van der Waals surface area contributed by atoms with Crippen molar-refractivity contribution in [3.8, 4) is 0 Å². The van der Waals surface area contributed by atoms with Gasteiger partial charge in [0.15, 0.2) is 0 Å². The van der Waals surface area contributed by atoms with Crippen molar-refractivity contribution >= 4 is 27.6 Å². The second-order valence-corrected chi connectivity index (χ2v) is 5.29. The highest BCUT2D eigenvalue weighted by Gasteiger charge is 2.17. The maximum atomic E-state index is 13.6. The zero-order chi connectivity index (χ0) is 15.6. The van der Waals surface area contributed by atoms with Gasteiger partial charge in [-0.25, -0.2) is 9.18 Å². The Kier molecular flexibility index (Phi) is 4.62. The van der Waals surface area contributed by atoms with Gasteiger partial charge in [0.1, 0.15) is 12.4 Å². The van der Waals surface area contributed by atoms with Crippen molar-refractivity contribution in [3.05, 3.63) is 45.4 Å². The van der Waals surface area contributed by atoms with Gasteiger partial charge in [0.25, 0.3) is 0 Å². The van der Waals surface area contributed by atoms with E-state index in [-0.39, 0.29) is 17.9 Å². The fourth-order valence-corrected chi connectivity index (χ4v) is 2.62. The normalized spacial score (nSPS) is 10.7. The number of ether oxygens (including phenoxy) is 1. The van der Waals surface area contributed by atoms with Crippen LogP contribution in [0.3, 0.4) is 0 Å². The van der Waals surface area contributed by atoms with Crippen LogP contribution in [-0.4, -0.2) is 15.7 Å². The molecular weight excluding hydrogens is 341 g/mol. The molecule has 21 heavy (non-hydrogen) atoms. The number of aromatic nitrogens is 2. The number of aryl methyl sites for hydroxylation is 2. The van der Waals surface area contributed by atoms with Crippen LogP contribution in [0.2, 0.25) is 0 Å². The summed E-state index contributed by atoms with van der Waals surface area (Å²) >= 11 is 3.43. The predicted molar refractivity (Wildman–Crippen MR) is 80.2 cm³/mol. The Balaban J connectivity index is 2.13. The van der Waals surface area contributed by atoms with E-state index in [1.54, 1.807) is 11.7 Å². The van der Waals surface area contributed by atoms with Crippen LogP contribution in [-0.2, 0) is 24.8 Å². The molecule has 2 rings (SSSR count). The Labute approximate surface area is 130 Å². The van der Waals surface area contributed by atoms with Crippen molar-refractivity contribution in [2.45, 2.75) is 20.0 Å². The molecular formula is C14H15BrFN3O2. The molecule has 0 radical (unpaired) electrons. The largest absolute Gasteiger partial charge is 0.455 e. The van der Waals surface area contributed by atoms with E-state index in [4.69, 9.17) is 10.5 Å².